The van der Waals surface area contributed by atoms with Crippen molar-refractivity contribution >= 4 is 11.7 Å². The predicted molar refractivity (Wildman–Crippen MR) is 50.3 cm³/mol. The lowest BCUT2D eigenvalue weighted by Gasteiger charge is -2.12. The molecule has 1 aliphatic rings. The Morgan fingerprint density at radius 3 is 2.93 bits per heavy atom. The second kappa shape index (κ2) is 2.97. The van der Waals surface area contributed by atoms with Crippen molar-refractivity contribution in [3.63, 3.8) is 0 Å². The number of carboxylic acids is 1. The number of carboxylic acid groups (broad SMARTS) is 1. The van der Waals surface area contributed by atoms with Gasteiger partial charge in [-0.15, -0.1) is 0 Å². The van der Waals surface area contributed by atoms with Crippen molar-refractivity contribution in [3.8, 4) is 0 Å². The van der Waals surface area contributed by atoms with Crippen molar-refractivity contribution in [1.29, 1.82) is 0 Å². The highest BCUT2D eigenvalue weighted by atomic mass is 19.1. The van der Waals surface area contributed by atoms with Crippen molar-refractivity contribution in [2.75, 3.05) is 18.5 Å². The van der Waals surface area contributed by atoms with Crippen LogP contribution in [0.25, 0.3) is 0 Å². The van der Waals surface area contributed by atoms with Crippen LogP contribution < -0.4 is 4.90 Å². The van der Waals surface area contributed by atoms with E-state index in [0.717, 1.165) is 18.2 Å². The van der Waals surface area contributed by atoms with Crippen LogP contribution in [0.1, 0.15) is 15.9 Å². The van der Waals surface area contributed by atoms with Crippen molar-refractivity contribution in [2.24, 2.45) is 0 Å². The Balaban J connectivity index is 2.57. The van der Waals surface area contributed by atoms with E-state index in [1.54, 1.807) is 18.0 Å². The Bertz CT molecular complexity index is 403. The topological polar surface area (TPSA) is 40.5 Å². The highest BCUT2D eigenvalue weighted by molar-refractivity contribution is 5.89. The fourth-order valence-electron chi connectivity index (χ4n) is 1.80. The van der Waals surface area contributed by atoms with E-state index in [1.807, 2.05) is 0 Å². The number of likely N-dealkylation sites (N-methyl/N-ethyl adjacent to an activating group) is 1. The molecule has 0 amide bonds. The zero-order chi connectivity index (χ0) is 10.3. The second-order valence-corrected chi connectivity index (χ2v) is 3.44. The summed E-state index contributed by atoms with van der Waals surface area (Å²) in [7, 11) is 1.80. The molecular weight excluding hydrogens is 185 g/mol. The van der Waals surface area contributed by atoms with Gasteiger partial charge >= 0.3 is 5.97 Å². The van der Waals surface area contributed by atoms with Crippen LogP contribution >= 0.6 is 0 Å². The molecule has 1 heterocycles. The molecule has 3 nitrogen and oxygen atoms in total. The molecule has 0 radical (unpaired) electrons. The molecule has 74 valence electrons. The number of fused-ring (bicyclic) bond motifs is 1. The Morgan fingerprint density at radius 1 is 1.57 bits per heavy atom. The summed E-state index contributed by atoms with van der Waals surface area (Å²) in [6, 6.07) is 2.62. The molecular formula is C10H10FNO2. The molecule has 4 heteroatoms. The third kappa shape index (κ3) is 1.23. The quantitative estimate of drug-likeness (QED) is 0.738. The zero-order valence-electron chi connectivity index (χ0n) is 7.75. The fourth-order valence-corrected chi connectivity index (χ4v) is 1.80. The van der Waals surface area contributed by atoms with Gasteiger partial charge in [0.2, 0.25) is 0 Å². The van der Waals surface area contributed by atoms with Crippen LogP contribution in [0.15, 0.2) is 12.1 Å². The average molecular weight is 195 g/mol. The van der Waals surface area contributed by atoms with Crippen LogP contribution in [0.4, 0.5) is 10.1 Å². The molecule has 1 N–H and O–H groups in total. The lowest BCUT2D eigenvalue weighted by atomic mass is 10.1. The summed E-state index contributed by atoms with van der Waals surface area (Å²) in [5.41, 5.74) is 1.34. The first-order chi connectivity index (χ1) is 6.59. The van der Waals surface area contributed by atoms with Crippen LogP contribution in [0, 0.1) is 5.82 Å². The summed E-state index contributed by atoms with van der Waals surface area (Å²) in [5.74, 6) is -1.53. The first-order valence-electron chi connectivity index (χ1n) is 4.36. The third-order valence-corrected chi connectivity index (χ3v) is 2.49. The average Bonchev–Trinajstić information content (AvgIpc) is 2.48. The molecule has 2 rings (SSSR count). The molecule has 1 aliphatic heterocycles. The standard InChI is InChI=1S/C10H10FNO2/c1-12-3-2-6-4-7(10(13)14)5-8(11)9(6)12/h4-5H,2-3H2,1H3,(H,13,14). The van der Waals surface area contributed by atoms with Crippen LogP contribution in [-0.2, 0) is 6.42 Å². The fraction of sp³-hybridized carbons (Fsp3) is 0.300. The zero-order valence-corrected chi connectivity index (χ0v) is 7.75. The van der Waals surface area contributed by atoms with Gasteiger partial charge in [-0.2, -0.15) is 0 Å². The number of halogens is 1. The molecule has 0 atom stereocenters. The molecule has 0 unspecified atom stereocenters. The number of nitrogens with zero attached hydrogens (tertiary/aromatic N) is 1. The molecule has 14 heavy (non-hydrogen) atoms. The summed E-state index contributed by atoms with van der Waals surface area (Å²) in [5, 5.41) is 8.73. The number of hydrogen-bond donors (Lipinski definition) is 1. The number of carbonyl (C=O) groups is 1. The highest BCUT2D eigenvalue weighted by Crippen LogP contribution is 2.30. The number of aromatic carboxylic acids is 1. The maximum atomic E-state index is 13.5. The van der Waals surface area contributed by atoms with Gasteiger partial charge in [-0.1, -0.05) is 0 Å². The van der Waals surface area contributed by atoms with Crippen molar-refractivity contribution < 1.29 is 14.3 Å². The third-order valence-electron chi connectivity index (χ3n) is 2.49. The van der Waals surface area contributed by atoms with E-state index in [0.29, 0.717) is 12.1 Å². The molecule has 0 spiro atoms. The van der Waals surface area contributed by atoms with Gasteiger partial charge < -0.3 is 10.0 Å². The minimum Gasteiger partial charge on any atom is -0.478 e. The second-order valence-electron chi connectivity index (χ2n) is 3.44. The SMILES string of the molecule is CN1CCc2cc(C(=O)O)cc(F)c21. The summed E-state index contributed by atoms with van der Waals surface area (Å²) in [4.78, 5) is 12.5. The van der Waals surface area contributed by atoms with E-state index in [9.17, 15) is 9.18 Å². The molecule has 1 aromatic carbocycles. The van der Waals surface area contributed by atoms with Gasteiger partial charge in [0.25, 0.3) is 0 Å². The number of rotatable bonds is 1. The Labute approximate surface area is 80.8 Å². The number of anilines is 1. The molecule has 0 fully saturated rings. The van der Waals surface area contributed by atoms with Crippen LogP contribution in [0.5, 0.6) is 0 Å². The largest absolute Gasteiger partial charge is 0.478 e. The molecule has 0 aromatic heterocycles. The van der Waals surface area contributed by atoms with Crippen LogP contribution in [-0.4, -0.2) is 24.7 Å². The van der Waals surface area contributed by atoms with E-state index in [4.69, 9.17) is 5.11 Å². The summed E-state index contributed by atoms with van der Waals surface area (Å²) in [6.07, 6.45) is 0.712. The van der Waals surface area contributed by atoms with E-state index in [2.05, 4.69) is 0 Å². The maximum Gasteiger partial charge on any atom is 0.335 e. The van der Waals surface area contributed by atoms with E-state index in [-0.39, 0.29) is 5.56 Å². The van der Waals surface area contributed by atoms with Crippen LogP contribution in [0.2, 0.25) is 0 Å². The van der Waals surface area contributed by atoms with Gasteiger partial charge in [-0.25, -0.2) is 9.18 Å². The first-order valence-corrected chi connectivity index (χ1v) is 4.36. The van der Waals surface area contributed by atoms with Gasteiger partial charge in [0, 0.05) is 13.6 Å². The van der Waals surface area contributed by atoms with Gasteiger partial charge in [0.1, 0.15) is 5.82 Å². The molecule has 0 aliphatic carbocycles. The van der Waals surface area contributed by atoms with Crippen molar-refractivity contribution in [1.82, 2.24) is 0 Å². The van der Waals surface area contributed by atoms with Gasteiger partial charge in [0.15, 0.2) is 0 Å². The van der Waals surface area contributed by atoms with Gasteiger partial charge in [0.05, 0.1) is 11.3 Å². The number of benzene rings is 1. The molecule has 0 saturated carbocycles. The summed E-state index contributed by atoms with van der Waals surface area (Å²) in [6.45, 7) is 0.745. The number of hydrogen-bond acceptors (Lipinski definition) is 2. The van der Waals surface area contributed by atoms with Crippen LogP contribution in [0.3, 0.4) is 0 Å². The Kier molecular flexibility index (Phi) is 1.91. The predicted octanol–water partition coefficient (Wildman–Crippen LogP) is 1.52. The van der Waals surface area contributed by atoms with E-state index in [1.165, 1.54) is 0 Å². The highest BCUT2D eigenvalue weighted by Gasteiger charge is 2.22. The summed E-state index contributed by atoms with van der Waals surface area (Å²) >= 11 is 0. The van der Waals surface area contributed by atoms with Crippen molar-refractivity contribution in [2.45, 2.75) is 6.42 Å². The minimum absolute atomic E-state index is 0.0246. The van der Waals surface area contributed by atoms with E-state index < -0.39 is 11.8 Å². The monoisotopic (exact) mass is 195 g/mol. The maximum absolute atomic E-state index is 13.5. The lowest BCUT2D eigenvalue weighted by Crippen LogP contribution is -2.14. The lowest BCUT2D eigenvalue weighted by molar-refractivity contribution is 0.0696. The minimum atomic E-state index is -1.08. The molecule has 1 aromatic rings. The van der Waals surface area contributed by atoms with Gasteiger partial charge in [-0.3, -0.25) is 0 Å². The smallest absolute Gasteiger partial charge is 0.335 e. The van der Waals surface area contributed by atoms with Gasteiger partial charge in [-0.05, 0) is 24.1 Å². The first kappa shape index (κ1) is 8.99. The van der Waals surface area contributed by atoms with E-state index >= 15 is 0 Å². The summed E-state index contributed by atoms with van der Waals surface area (Å²) < 4.78 is 13.5. The molecule has 0 bridgehead atoms. The van der Waals surface area contributed by atoms with Crippen molar-refractivity contribution in [3.05, 3.63) is 29.1 Å². The normalized spacial score (nSPS) is 14.3. The molecule has 0 saturated heterocycles. The Hall–Kier alpha value is -1.58. The Morgan fingerprint density at radius 2 is 2.29 bits per heavy atom.